The third-order valence-corrected chi connectivity index (χ3v) is 4.52. The van der Waals surface area contributed by atoms with Gasteiger partial charge in [0, 0.05) is 17.6 Å². The molecule has 0 atom stereocenters. The molecule has 0 unspecified atom stereocenters. The monoisotopic (exact) mass is 272 g/mol. The topological polar surface area (TPSA) is 83.8 Å². The van der Waals surface area contributed by atoms with Crippen LogP contribution in [0.2, 0.25) is 0 Å². The van der Waals surface area contributed by atoms with Gasteiger partial charge in [-0.3, -0.25) is 9.89 Å². The number of amides is 1. The number of anilines is 1. The Balaban J connectivity index is 1.78. The highest BCUT2D eigenvalue weighted by Gasteiger charge is 2.45. The van der Waals surface area contributed by atoms with Crippen molar-refractivity contribution in [3.05, 3.63) is 23.9 Å². The van der Waals surface area contributed by atoms with Crippen molar-refractivity contribution in [2.75, 3.05) is 12.3 Å². The predicted octanol–water partition coefficient (Wildman–Crippen LogP) is 2.31. The first kappa shape index (κ1) is 13.0. The van der Waals surface area contributed by atoms with E-state index < -0.39 is 0 Å². The van der Waals surface area contributed by atoms with Gasteiger partial charge in [-0.1, -0.05) is 13.8 Å². The minimum Gasteiger partial charge on any atom is -0.399 e. The molecule has 1 aliphatic carbocycles. The lowest BCUT2D eigenvalue weighted by Crippen LogP contribution is -2.32. The molecule has 0 bridgehead atoms. The maximum atomic E-state index is 12.3. The summed E-state index contributed by atoms with van der Waals surface area (Å²) in [5.41, 5.74) is 7.95. The average Bonchev–Trinajstić information content (AvgIpc) is 3.10. The van der Waals surface area contributed by atoms with E-state index in [1.54, 1.807) is 12.1 Å². The van der Waals surface area contributed by atoms with Gasteiger partial charge in [-0.2, -0.15) is 5.10 Å². The van der Waals surface area contributed by atoms with E-state index in [2.05, 4.69) is 29.4 Å². The van der Waals surface area contributed by atoms with Crippen LogP contribution in [0.5, 0.6) is 0 Å². The van der Waals surface area contributed by atoms with Crippen LogP contribution in [0.15, 0.2) is 18.2 Å². The summed E-state index contributed by atoms with van der Waals surface area (Å²) in [5.74, 6) is 0.461. The molecule has 0 saturated heterocycles. The lowest BCUT2D eigenvalue weighted by molar-refractivity contribution is 0.0936. The zero-order valence-corrected chi connectivity index (χ0v) is 11.9. The Morgan fingerprint density at radius 1 is 1.50 bits per heavy atom. The van der Waals surface area contributed by atoms with Gasteiger partial charge in [0.05, 0.1) is 5.52 Å². The van der Waals surface area contributed by atoms with Crippen molar-refractivity contribution >= 4 is 22.5 Å². The summed E-state index contributed by atoms with van der Waals surface area (Å²) in [6.07, 6.45) is 2.39. The van der Waals surface area contributed by atoms with Crippen LogP contribution in [0.1, 0.15) is 37.2 Å². The molecule has 2 aromatic rings. The van der Waals surface area contributed by atoms with E-state index in [-0.39, 0.29) is 5.91 Å². The fourth-order valence-electron chi connectivity index (χ4n) is 2.66. The third-order valence-electron chi connectivity index (χ3n) is 4.52. The zero-order chi connectivity index (χ0) is 14.3. The first-order valence-corrected chi connectivity index (χ1v) is 7.04. The van der Waals surface area contributed by atoms with Crippen LogP contribution in [-0.4, -0.2) is 22.6 Å². The lowest BCUT2D eigenvalue weighted by atomic mass is 9.92. The van der Waals surface area contributed by atoms with Gasteiger partial charge in [-0.05, 0) is 42.4 Å². The molecular weight excluding hydrogens is 252 g/mol. The summed E-state index contributed by atoms with van der Waals surface area (Å²) in [6, 6.07) is 5.41. The highest BCUT2D eigenvalue weighted by atomic mass is 16.1. The Kier molecular flexibility index (Phi) is 2.92. The van der Waals surface area contributed by atoms with Crippen molar-refractivity contribution in [3.63, 3.8) is 0 Å². The molecule has 0 spiro atoms. The van der Waals surface area contributed by atoms with E-state index in [0.29, 0.717) is 22.7 Å². The number of nitrogens with one attached hydrogen (secondary N) is 2. The third kappa shape index (κ3) is 2.13. The van der Waals surface area contributed by atoms with Crippen molar-refractivity contribution < 1.29 is 4.79 Å². The molecule has 1 aromatic heterocycles. The van der Waals surface area contributed by atoms with Crippen LogP contribution >= 0.6 is 0 Å². The molecule has 1 saturated carbocycles. The first-order valence-electron chi connectivity index (χ1n) is 7.04. The van der Waals surface area contributed by atoms with E-state index in [0.717, 1.165) is 17.4 Å². The van der Waals surface area contributed by atoms with Crippen LogP contribution in [0.4, 0.5) is 5.69 Å². The standard InChI is InChI=1S/C15H20N4O/c1-9(2)15(5-6-15)8-17-14(20)13-11-7-10(16)3-4-12(11)18-19-13/h3-4,7,9H,5-6,8,16H2,1-2H3,(H,17,20)(H,18,19). The van der Waals surface area contributed by atoms with E-state index in [1.807, 2.05) is 6.07 Å². The molecular formula is C15H20N4O. The van der Waals surface area contributed by atoms with Crippen LogP contribution < -0.4 is 11.1 Å². The first-order chi connectivity index (χ1) is 9.52. The molecule has 1 heterocycles. The van der Waals surface area contributed by atoms with Crippen molar-refractivity contribution in [2.45, 2.75) is 26.7 Å². The van der Waals surface area contributed by atoms with E-state index >= 15 is 0 Å². The summed E-state index contributed by atoms with van der Waals surface area (Å²) in [5, 5.41) is 10.8. The summed E-state index contributed by atoms with van der Waals surface area (Å²) < 4.78 is 0. The second-order valence-corrected chi connectivity index (χ2v) is 6.08. The van der Waals surface area contributed by atoms with E-state index in [1.165, 1.54) is 12.8 Å². The second-order valence-electron chi connectivity index (χ2n) is 6.08. The van der Waals surface area contributed by atoms with Crippen molar-refractivity contribution in [1.29, 1.82) is 0 Å². The molecule has 5 nitrogen and oxygen atoms in total. The second kappa shape index (κ2) is 4.51. The molecule has 20 heavy (non-hydrogen) atoms. The lowest BCUT2D eigenvalue weighted by Gasteiger charge is -2.19. The van der Waals surface area contributed by atoms with Gasteiger partial charge in [0.15, 0.2) is 5.69 Å². The van der Waals surface area contributed by atoms with Crippen LogP contribution in [0.3, 0.4) is 0 Å². The highest BCUT2D eigenvalue weighted by molar-refractivity contribution is 6.05. The smallest absolute Gasteiger partial charge is 0.272 e. The Hall–Kier alpha value is -2.04. The number of nitrogens with zero attached hydrogens (tertiary/aromatic N) is 1. The largest absolute Gasteiger partial charge is 0.399 e. The number of rotatable bonds is 4. The Labute approximate surface area is 117 Å². The number of carbonyl (C=O) groups excluding carboxylic acids is 1. The number of hydrogen-bond donors (Lipinski definition) is 3. The van der Waals surface area contributed by atoms with Crippen LogP contribution in [-0.2, 0) is 0 Å². The molecule has 3 rings (SSSR count). The summed E-state index contributed by atoms with van der Waals surface area (Å²) in [7, 11) is 0. The maximum absolute atomic E-state index is 12.3. The number of hydrogen-bond acceptors (Lipinski definition) is 3. The molecule has 1 aliphatic rings. The van der Waals surface area contributed by atoms with Gasteiger partial charge in [0.2, 0.25) is 0 Å². The number of H-pyrrole nitrogens is 1. The van der Waals surface area contributed by atoms with Crippen LogP contribution in [0, 0.1) is 11.3 Å². The number of benzene rings is 1. The van der Waals surface area contributed by atoms with Crippen molar-refractivity contribution in [3.8, 4) is 0 Å². The quantitative estimate of drug-likeness (QED) is 0.747. The average molecular weight is 272 g/mol. The fourth-order valence-corrected chi connectivity index (χ4v) is 2.66. The molecule has 5 heteroatoms. The number of nitrogens with two attached hydrogens (primary N) is 1. The van der Waals surface area contributed by atoms with Crippen molar-refractivity contribution in [2.24, 2.45) is 11.3 Å². The van der Waals surface area contributed by atoms with Gasteiger partial charge >= 0.3 is 0 Å². The minimum absolute atomic E-state index is 0.131. The molecule has 1 amide bonds. The summed E-state index contributed by atoms with van der Waals surface area (Å²) in [6.45, 7) is 5.15. The molecule has 0 radical (unpaired) electrons. The molecule has 4 N–H and O–H groups in total. The number of nitrogen functional groups attached to an aromatic ring is 1. The van der Waals surface area contributed by atoms with Gasteiger partial charge in [0.25, 0.3) is 5.91 Å². The SMILES string of the molecule is CC(C)C1(CNC(=O)c2n[nH]c3ccc(N)cc23)CC1. The van der Waals surface area contributed by atoms with Gasteiger partial charge in [-0.25, -0.2) is 0 Å². The fraction of sp³-hybridized carbons (Fsp3) is 0.467. The molecule has 1 fully saturated rings. The van der Waals surface area contributed by atoms with E-state index in [9.17, 15) is 4.79 Å². The number of aromatic nitrogens is 2. The van der Waals surface area contributed by atoms with Crippen molar-refractivity contribution in [1.82, 2.24) is 15.5 Å². The van der Waals surface area contributed by atoms with Crippen LogP contribution in [0.25, 0.3) is 10.9 Å². The number of carbonyl (C=O) groups is 1. The Morgan fingerprint density at radius 2 is 2.25 bits per heavy atom. The number of fused-ring (bicyclic) bond motifs is 1. The Bertz CT molecular complexity index is 655. The predicted molar refractivity (Wildman–Crippen MR) is 79.3 cm³/mol. The summed E-state index contributed by atoms with van der Waals surface area (Å²) in [4.78, 5) is 12.3. The Morgan fingerprint density at radius 3 is 2.90 bits per heavy atom. The highest BCUT2D eigenvalue weighted by Crippen LogP contribution is 2.51. The van der Waals surface area contributed by atoms with E-state index in [4.69, 9.17) is 5.73 Å². The van der Waals surface area contributed by atoms with Gasteiger partial charge in [-0.15, -0.1) is 0 Å². The minimum atomic E-state index is -0.131. The molecule has 0 aliphatic heterocycles. The maximum Gasteiger partial charge on any atom is 0.272 e. The normalized spacial score (nSPS) is 16.6. The molecule has 1 aromatic carbocycles. The summed E-state index contributed by atoms with van der Waals surface area (Å²) >= 11 is 0. The number of aromatic amines is 1. The van der Waals surface area contributed by atoms with Gasteiger partial charge < -0.3 is 11.1 Å². The zero-order valence-electron chi connectivity index (χ0n) is 11.9. The molecule has 106 valence electrons. The van der Waals surface area contributed by atoms with Gasteiger partial charge in [0.1, 0.15) is 0 Å².